The monoisotopic (exact) mass is 473 g/mol. The summed E-state index contributed by atoms with van der Waals surface area (Å²) in [6.07, 6.45) is 0.843. The zero-order valence-electron chi connectivity index (χ0n) is 14.2. The van der Waals surface area contributed by atoms with Gasteiger partial charge in [0.1, 0.15) is 11.5 Å². The van der Waals surface area contributed by atoms with Crippen molar-refractivity contribution in [3.05, 3.63) is 79.9 Å². The van der Waals surface area contributed by atoms with E-state index in [1.54, 1.807) is 6.07 Å². The zero-order valence-corrected chi connectivity index (χ0v) is 18.1. The third kappa shape index (κ3) is 5.51. The molecule has 6 heteroatoms. The molecule has 0 aliphatic carbocycles. The molecule has 0 fully saturated rings. The van der Waals surface area contributed by atoms with E-state index in [9.17, 15) is 0 Å². The Labute approximate surface area is 178 Å². The topological polar surface area (TPSA) is 25.2 Å². The number of furan rings is 1. The summed E-state index contributed by atoms with van der Waals surface area (Å²) in [6.45, 7) is 3.57. The van der Waals surface area contributed by atoms with Crippen LogP contribution in [0.5, 0.6) is 0 Å². The van der Waals surface area contributed by atoms with Gasteiger partial charge in [-0.2, -0.15) is 0 Å². The minimum atomic E-state index is 0. The Bertz CT molecular complexity index is 879. The van der Waals surface area contributed by atoms with Crippen LogP contribution in [0.1, 0.15) is 16.9 Å². The first-order valence-corrected chi connectivity index (χ1v) is 9.58. The van der Waals surface area contributed by atoms with Gasteiger partial charge in [0, 0.05) is 20.1 Å². The SMILES string of the molecule is Cc1cc(-c2ccc(CNCCc3ccc(Cl)cc3Cl)o2)ccc1Br.Cl. The van der Waals surface area contributed by atoms with Crippen LogP contribution >= 0.6 is 51.5 Å². The molecule has 26 heavy (non-hydrogen) atoms. The molecule has 0 bridgehead atoms. The summed E-state index contributed by atoms with van der Waals surface area (Å²) in [4.78, 5) is 0. The predicted octanol–water partition coefficient (Wildman–Crippen LogP) is 7.08. The largest absolute Gasteiger partial charge is 0.460 e. The molecular formula is C20H19BrCl3NO. The highest BCUT2D eigenvalue weighted by Gasteiger charge is 2.07. The lowest BCUT2D eigenvalue weighted by molar-refractivity contribution is 0.494. The van der Waals surface area contributed by atoms with Crippen molar-refractivity contribution < 1.29 is 4.42 Å². The molecule has 1 aromatic heterocycles. The lowest BCUT2D eigenvalue weighted by Crippen LogP contribution is -2.16. The van der Waals surface area contributed by atoms with Crippen LogP contribution in [-0.4, -0.2) is 6.54 Å². The van der Waals surface area contributed by atoms with E-state index in [0.717, 1.165) is 40.1 Å². The van der Waals surface area contributed by atoms with Gasteiger partial charge in [-0.15, -0.1) is 12.4 Å². The van der Waals surface area contributed by atoms with Crippen molar-refractivity contribution in [2.24, 2.45) is 0 Å². The molecule has 0 amide bonds. The van der Waals surface area contributed by atoms with E-state index >= 15 is 0 Å². The summed E-state index contributed by atoms with van der Waals surface area (Å²) < 4.78 is 7.04. The van der Waals surface area contributed by atoms with Gasteiger partial charge in [0.2, 0.25) is 0 Å². The molecule has 0 radical (unpaired) electrons. The van der Waals surface area contributed by atoms with E-state index in [4.69, 9.17) is 27.6 Å². The number of rotatable bonds is 6. The number of benzene rings is 2. The average Bonchev–Trinajstić information content (AvgIpc) is 3.04. The minimum absolute atomic E-state index is 0. The normalized spacial score (nSPS) is 10.6. The van der Waals surface area contributed by atoms with Gasteiger partial charge >= 0.3 is 0 Å². The van der Waals surface area contributed by atoms with Gasteiger partial charge in [-0.25, -0.2) is 0 Å². The Morgan fingerprint density at radius 3 is 2.58 bits per heavy atom. The van der Waals surface area contributed by atoms with Crippen molar-refractivity contribution in [1.82, 2.24) is 5.32 Å². The summed E-state index contributed by atoms with van der Waals surface area (Å²) in [5, 5.41) is 4.75. The molecule has 0 aliphatic heterocycles. The van der Waals surface area contributed by atoms with Crippen molar-refractivity contribution >= 4 is 51.5 Å². The minimum Gasteiger partial charge on any atom is -0.460 e. The summed E-state index contributed by atoms with van der Waals surface area (Å²) in [6, 6.07) is 15.8. The van der Waals surface area contributed by atoms with Gasteiger partial charge in [0.05, 0.1) is 6.54 Å². The highest BCUT2D eigenvalue weighted by molar-refractivity contribution is 9.10. The van der Waals surface area contributed by atoms with E-state index in [1.807, 2.05) is 30.3 Å². The molecule has 138 valence electrons. The molecule has 3 aromatic rings. The fourth-order valence-corrected chi connectivity index (χ4v) is 3.33. The highest BCUT2D eigenvalue weighted by atomic mass is 79.9. The van der Waals surface area contributed by atoms with Gasteiger partial charge in [-0.3, -0.25) is 0 Å². The lowest BCUT2D eigenvalue weighted by Gasteiger charge is -2.06. The predicted molar refractivity (Wildman–Crippen MR) is 116 cm³/mol. The van der Waals surface area contributed by atoms with Crippen LogP contribution in [0.3, 0.4) is 0 Å². The fraction of sp³-hybridized carbons (Fsp3) is 0.200. The second-order valence-corrected chi connectivity index (χ2v) is 7.59. The molecule has 1 N–H and O–H groups in total. The van der Waals surface area contributed by atoms with Crippen LogP contribution in [0.25, 0.3) is 11.3 Å². The van der Waals surface area contributed by atoms with Crippen LogP contribution in [0.4, 0.5) is 0 Å². The number of hydrogen-bond donors (Lipinski definition) is 1. The Kier molecular flexibility index (Phi) is 8.05. The van der Waals surface area contributed by atoms with Crippen molar-refractivity contribution in [2.75, 3.05) is 6.54 Å². The Hall–Kier alpha value is -0.970. The molecule has 0 unspecified atom stereocenters. The number of aryl methyl sites for hydroxylation is 1. The zero-order chi connectivity index (χ0) is 17.8. The molecule has 2 aromatic carbocycles. The second-order valence-electron chi connectivity index (χ2n) is 5.89. The summed E-state index contributed by atoms with van der Waals surface area (Å²) in [5.74, 6) is 1.80. The van der Waals surface area contributed by atoms with Gasteiger partial charge in [0.25, 0.3) is 0 Å². The van der Waals surface area contributed by atoms with E-state index in [-0.39, 0.29) is 12.4 Å². The van der Waals surface area contributed by atoms with E-state index < -0.39 is 0 Å². The highest BCUT2D eigenvalue weighted by Crippen LogP contribution is 2.26. The van der Waals surface area contributed by atoms with Gasteiger partial charge in [-0.05, 0) is 67.4 Å². The van der Waals surface area contributed by atoms with Crippen LogP contribution in [0, 0.1) is 6.92 Å². The van der Waals surface area contributed by atoms with Crippen molar-refractivity contribution in [2.45, 2.75) is 19.9 Å². The summed E-state index contributed by atoms with van der Waals surface area (Å²) in [5.41, 5.74) is 3.36. The lowest BCUT2D eigenvalue weighted by atomic mass is 10.1. The van der Waals surface area contributed by atoms with E-state index in [1.165, 1.54) is 5.56 Å². The third-order valence-corrected chi connectivity index (χ3v) is 5.47. The van der Waals surface area contributed by atoms with Crippen LogP contribution in [0.15, 0.2) is 57.4 Å². The molecule has 0 spiro atoms. The van der Waals surface area contributed by atoms with Crippen molar-refractivity contribution in [1.29, 1.82) is 0 Å². The molecule has 0 atom stereocenters. The quantitative estimate of drug-likeness (QED) is 0.386. The average molecular weight is 476 g/mol. The first-order valence-electron chi connectivity index (χ1n) is 8.03. The Morgan fingerprint density at radius 2 is 1.85 bits per heavy atom. The van der Waals surface area contributed by atoms with Crippen molar-refractivity contribution in [3.8, 4) is 11.3 Å². The standard InChI is InChI=1S/C20H18BrCl2NO.ClH/c1-13-10-15(3-6-18(13)21)20-7-5-17(25-20)12-24-9-8-14-2-4-16(22)11-19(14)23;/h2-7,10-11,24H,8-9,12H2,1H3;1H. The van der Waals surface area contributed by atoms with Crippen molar-refractivity contribution in [3.63, 3.8) is 0 Å². The molecule has 2 nitrogen and oxygen atoms in total. The molecule has 0 saturated carbocycles. The number of halogens is 4. The van der Waals surface area contributed by atoms with Gasteiger partial charge < -0.3 is 9.73 Å². The summed E-state index contributed by atoms with van der Waals surface area (Å²) in [7, 11) is 0. The first kappa shape index (κ1) is 21.3. The Balaban J connectivity index is 0.00000243. The summed E-state index contributed by atoms with van der Waals surface area (Å²) >= 11 is 15.6. The maximum atomic E-state index is 6.19. The smallest absolute Gasteiger partial charge is 0.134 e. The Morgan fingerprint density at radius 1 is 1.04 bits per heavy atom. The maximum Gasteiger partial charge on any atom is 0.134 e. The first-order chi connectivity index (χ1) is 12.0. The molecule has 3 rings (SSSR count). The van der Waals surface area contributed by atoms with Crippen LogP contribution < -0.4 is 5.32 Å². The fourth-order valence-electron chi connectivity index (χ4n) is 2.59. The van der Waals surface area contributed by atoms with Crippen LogP contribution in [0.2, 0.25) is 10.0 Å². The number of hydrogen-bond acceptors (Lipinski definition) is 2. The molecule has 0 aliphatic rings. The van der Waals surface area contributed by atoms with E-state index in [2.05, 4.69) is 40.3 Å². The third-order valence-electron chi connectivity index (χ3n) is 3.99. The molecule has 0 saturated heterocycles. The second kappa shape index (κ2) is 9.82. The maximum absolute atomic E-state index is 6.19. The molecule has 1 heterocycles. The van der Waals surface area contributed by atoms with Gasteiger partial charge in [0.15, 0.2) is 0 Å². The number of nitrogens with one attached hydrogen (secondary N) is 1. The van der Waals surface area contributed by atoms with E-state index in [0.29, 0.717) is 16.6 Å². The molecular weight excluding hydrogens is 456 g/mol. The van der Waals surface area contributed by atoms with Gasteiger partial charge in [-0.1, -0.05) is 51.3 Å². The van der Waals surface area contributed by atoms with Crippen LogP contribution in [-0.2, 0) is 13.0 Å².